The van der Waals surface area contributed by atoms with Gasteiger partial charge in [0, 0.05) is 13.3 Å². The first kappa shape index (κ1) is 31.7. The predicted octanol–water partition coefficient (Wildman–Crippen LogP) is -2.82. The van der Waals surface area contributed by atoms with Crippen molar-refractivity contribution in [1.82, 2.24) is 21.3 Å². The number of aliphatic hydroxyl groups is 1. The molecule has 0 aliphatic heterocycles. The fraction of sp³-hybridized carbons (Fsp3) is 0.476. The summed E-state index contributed by atoms with van der Waals surface area (Å²) in [6.45, 7) is 2.60. The van der Waals surface area contributed by atoms with Gasteiger partial charge in [-0.2, -0.15) is 0 Å². The molecule has 1 aromatic carbocycles. The first-order chi connectivity index (χ1) is 17.1. The Balaban J connectivity index is 2.85. The molecule has 15 nitrogen and oxygen atoms in total. The second kappa shape index (κ2) is 14.4. The second-order valence-corrected chi connectivity index (χ2v) is 9.39. The molecule has 16 heteroatoms. The summed E-state index contributed by atoms with van der Waals surface area (Å²) in [7, 11) is -4.95. The van der Waals surface area contributed by atoms with Gasteiger partial charge in [-0.25, -0.2) is 4.57 Å². The first-order valence-corrected chi connectivity index (χ1v) is 12.5. The second-order valence-electron chi connectivity index (χ2n) is 8.15. The fourth-order valence-electron chi connectivity index (χ4n) is 3.00. The molecule has 37 heavy (non-hydrogen) atoms. The molecule has 0 spiro atoms. The van der Waals surface area contributed by atoms with Crippen LogP contribution in [0.4, 0.5) is 0 Å². The molecule has 5 amide bonds. The number of hydrogen-bond donors (Lipinski definition) is 8. The van der Waals surface area contributed by atoms with Crippen LogP contribution in [0.3, 0.4) is 0 Å². The molecule has 9 N–H and O–H groups in total. The highest BCUT2D eigenvalue weighted by atomic mass is 31.2. The highest BCUT2D eigenvalue weighted by Gasteiger charge is 2.32. The lowest BCUT2D eigenvalue weighted by atomic mass is 10.0. The Labute approximate surface area is 212 Å². The zero-order chi connectivity index (χ0) is 28.3. The molecular formula is C21H32N5O10P. The van der Waals surface area contributed by atoms with Crippen LogP contribution >= 0.6 is 7.82 Å². The normalized spacial score (nSPS) is 15.3. The predicted molar refractivity (Wildman–Crippen MR) is 128 cm³/mol. The molecule has 0 aromatic heterocycles. The van der Waals surface area contributed by atoms with Crippen molar-refractivity contribution < 1.29 is 48.0 Å². The van der Waals surface area contributed by atoms with E-state index in [1.807, 2.05) is 0 Å². The van der Waals surface area contributed by atoms with Gasteiger partial charge in [0.2, 0.25) is 29.5 Å². The van der Waals surface area contributed by atoms with Crippen LogP contribution in [-0.2, 0) is 39.5 Å². The van der Waals surface area contributed by atoms with Crippen LogP contribution in [0.2, 0.25) is 0 Å². The van der Waals surface area contributed by atoms with Crippen LogP contribution < -0.4 is 27.0 Å². The van der Waals surface area contributed by atoms with Gasteiger partial charge in [0.05, 0.1) is 12.7 Å². The molecule has 1 aromatic rings. The molecule has 0 saturated carbocycles. The summed E-state index contributed by atoms with van der Waals surface area (Å²) < 4.78 is 15.2. The van der Waals surface area contributed by atoms with Crippen LogP contribution in [0.5, 0.6) is 0 Å². The smallest absolute Gasteiger partial charge is 0.391 e. The number of carbonyl (C=O) groups excluding carboxylic acids is 5. The van der Waals surface area contributed by atoms with E-state index in [4.69, 9.17) is 15.5 Å². The lowest BCUT2D eigenvalue weighted by molar-refractivity contribution is -0.135. The maximum Gasteiger partial charge on any atom is 0.469 e. The van der Waals surface area contributed by atoms with Crippen molar-refractivity contribution in [2.45, 2.75) is 57.5 Å². The molecule has 0 bridgehead atoms. The topological polar surface area (TPSA) is 246 Å². The fourth-order valence-corrected chi connectivity index (χ4v) is 3.34. The molecule has 1 rings (SSSR count). The van der Waals surface area contributed by atoms with E-state index in [1.54, 1.807) is 30.3 Å². The summed E-state index contributed by atoms with van der Waals surface area (Å²) in [5.41, 5.74) is 6.09. The highest BCUT2D eigenvalue weighted by Crippen LogP contribution is 2.35. The van der Waals surface area contributed by atoms with Gasteiger partial charge in [0.1, 0.15) is 24.2 Å². The summed E-state index contributed by atoms with van der Waals surface area (Å²) in [4.78, 5) is 78.7. The molecule has 0 aliphatic rings. The number of nitrogens with one attached hydrogen (secondary N) is 4. The summed E-state index contributed by atoms with van der Waals surface area (Å²) in [6, 6.07) is 3.13. The number of aliphatic hydroxyl groups excluding tert-OH is 1. The number of phosphoric acid groups is 1. The standard InChI is InChI=1S/C21H32N5O10P/c1-11(23-20(31)16(24-13(3)28)10-36-37(33,34)35)19(30)26-17(12(2)27)21(32)25-15(18(22)29)9-14-7-5-4-6-8-14/h4-8,11-12,15-17,27H,9-10H2,1-3H3,(H2,22,29)(H,23,31)(H,24,28)(H,25,32)(H,26,30)(H2,33,34,35)/t11-,12+,15-,16-,17-/m0/s1. The largest absolute Gasteiger partial charge is 0.469 e. The van der Waals surface area contributed by atoms with Crippen molar-refractivity contribution >= 4 is 37.4 Å². The van der Waals surface area contributed by atoms with Crippen molar-refractivity contribution in [2.24, 2.45) is 5.73 Å². The minimum atomic E-state index is -4.95. The number of rotatable bonds is 14. The highest BCUT2D eigenvalue weighted by molar-refractivity contribution is 7.46. The number of benzene rings is 1. The lowest BCUT2D eigenvalue weighted by Crippen LogP contribution is -2.60. The maximum absolute atomic E-state index is 12.8. The lowest BCUT2D eigenvalue weighted by Gasteiger charge is -2.26. The minimum absolute atomic E-state index is 0.0655. The molecule has 5 atom stereocenters. The van der Waals surface area contributed by atoms with Gasteiger partial charge >= 0.3 is 7.82 Å². The Bertz CT molecular complexity index is 1020. The van der Waals surface area contributed by atoms with Crippen molar-refractivity contribution in [2.75, 3.05) is 6.61 Å². The van der Waals surface area contributed by atoms with Crippen LogP contribution in [0.25, 0.3) is 0 Å². The van der Waals surface area contributed by atoms with Crippen molar-refractivity contribution in [3.63, 3.8) is 0 Å². The van der Waals surface area contributed by atoms with Crippen LogP contribution in [0.1, 0.15) is 26.3 Å². The van der Waals surface area contributed by atoms with E-state index < -0.39 is 74.2 Å². The number of phosphoric ester groups is 1. The van der Waals surface area contributed by atoms with Gasteiger partial charge in [-0.15, -0.1) is 0 Å². The molecule has 0 radical (unpaired) electrons. The molecule has 0 saturated heterocycles. The third-order valence-electron chi connectivity index (χ3n) is 4.86. The zero-order valence-electron chi connectivity index (χ0n) is 20.4. The van der Waals surface area contributed by atoms with E-state index in [-0.39, 0.29) is 6.42 Å². The van der Waals surface area contributed by atoms with E-state index in [1.165, 1.54) is 13.8 Å². The Morgan fingerprint density at radius 1 is 0.919 bits per heavy atom. The van der Waals surface area contributed by atoms with Crippen molar-refractivity contribution in [3.05, 3.63) is 35.9 Å². The van der Waals surface area contributed by atoms with E-state index in [0.717, 1.165) is 6.92 Å². The van der Waals surface area contributed by atoms with E-state index in [2.05, 4.69) is 25.8 Å². The zero-order valence-corrected chi connectivity index (χ0v) is 21.3. The average Bonchev–Trinajstić information content (AvgIpc) is 2.78. The van der Waals surface area contributed by atoms with Crippen molar-refractivity contribution in [3.8, 4) is 0 Å². The third-order valence-corrected chi connectivity index (χ3v) is 5.35. The molecule has 0 heterocycles. The number of carbonyl (C=O) groups is 5. The van der Waals surface area contributed by atoms with Crippen LogP contribution in [0, 0.1) is 0 Å². The van der Waals surface area contributed by atoms with Gasteiger partial charge in [0.15, 0.2) is 0 Å². The SMILES string of the molecule is CC(=O)N[C@@H](COP(=O)(O)O)C(=O)N[C@@H](C)C(=O)N[C@H](C(=O)N[C@@H](Cc1ccccc1)C(N)=O)[C@@H](C)O. The summed E-state index contributed by atoms with van der Waals surface area (Å²) in [6.07, 6.45) is -1.35. The molecule has 206 valence electrons. The van der Waals surface area contributed by atoms with Gasteiger partial charge in [-0.05, 0) is 19.4 Å². The van der Waals surface area contributed by atoms with E-state index in [9.17, 15) is 33.6 Å². The van der Waals surface area contributed by atoms with E-state index in [0.29, 0.717) is 5.56 Å². The Hall–Kier alpha value is -3.36. The molecule has 0 fully saturated rings. The van der Waals surface area contributed by atoms with E-state index >= 15 is 0 Å². The summed E-state index contributed by atoms with van der Waals surface area (Å²) in [5, 5.41) is 19.0. The number of primary amides is 1. The molecular weight excluding hydrogens is 513 g/mol. The number of nitrogens with two attached hydrogens (primary N) is 1. The number of hydrogen-bond acceptors (Lipinski definition) is 8. The number of amides is 5. The average molecular weight is 545 g/mol. The van der Waals surface area contributed by atoms with Crippen LogP contribution in [0.15, 0.2) is 30.3 Å². The third kappa shape index (κ3) is 11.9. The van der Waals surface area contributed by atoms with Gasteiger partial charge < -0.3 is 41.9 Å². The van der Waals surface area contributed by atoms with Crippen LogP contribution in [-0.4, -0.2) is 81.3 Å². The quantitative estimate of drug-likeness (QED) is 0.111. The Kier molecular flexibility index (Phi) is 12.3. The minimum Gasteiger partial charge on any atom is -0.391 e. The molecule has 0 aliphatic carbocycles. The van der Waals surface area contributed by atoms with Gasteiger partial charge in [0.25, 0.3) is 0 Å². The maximum atomic E-state index is 12.8. The Morgan fingerprint density at radius 3 is 2.00 bits per heavy atom. The van der Waals surface area contributed by atoms with Gasteiger partial charge in [-0.3, -0.25) is 28.5 Å². The molecule has 0 unspecified atom stereocenters. The summed E-state index contributed by atoms with van der Waals surface area (Å²) in [5.74, 6) is -4.40. The van der Waals surface area contributed by atoms with Gasteiger partial charge in [-0.1, -0.05) is 30.3 Å². The van der Waals surface area contributed by atoms with Crippen molar-refractivity contribution in [1.29, 1.82) is 0 Å². The Morgan fingerprint density at radius 2 is 1.51 bits per heavy atom. The monoisotopic (exact) mass is 545 g/mol. The summed E-state index contributed by atoms with van der Waals surface area (Å²) >= 11 is 0. The first-order valence-electron chi connectivity index (χ1n) is 11.0.